The Morgan fingerprint density at radius 1 is 1.10 bits per heavy atom. The van der Waals surface area contributed by atoms with E-state index in [-0.39, 0.29) is 17.9 Å². The average Bonchev–Trinajstić information content (AvgIpc) is 2.73. The lowest BCUT2D eigenvalue weighted by molar-refractivity contribution is -0.136. The number of hydrogen-bond donors (Lipinski definition) is 1. The molecule has 1 heterocycles. The van der Waals surface area contributed by atoms with Gasteiger partial charge in [0.1, 0.15) is 11.4 Å². The fraction of sp³-hybridized carbons (Fsp3) is 0.143. The van der Waals surface area contributed by atoms with E-state index in [0.717, 1.165) is 11.0 Å². The van der Waals surface area contributed by atoms with Crippen molar-refractivity contribution in [2.45, 2.75) is 0 Å². The SMILES string of the molecule is CN(CC(=O)Nc1ccc(F)cc1)C(=O)COC(=O)c1cc(=O)c2ccccc2o1. The summed E-state index contributed by atoms with van der Waals surface area (Å²) in [7, 11) is 1.36. The number of nitrogens with one attached hydrogen (secondary N) is 1. The molecule has 0 unspecified atom stereocenters. The molecule has 2 aromatic carbocycles. The fourth-order valence-corrected chi connectivity index (χ4v) is 2.55. The van der Waals surface area contributed by atoms with Crippen molar-refractivity contribution in [3.63, 3.8) is 0 Å². The molecule has 0 saturated heterocycles. The van der Waals surface area contributed by atoms with Gasteiger partial charge in [0.25, 0.3) is 5.91 Å². The molecule has 0 saturated carbocycles. The third-order valence-corrected chi connectivity index (χ3v) is 4.10. The second-order valence-corrected chi connectivity index (χ2v) is 6.35. The Labute approximate surface area is 169 Å². The third-order valence-electron chi connectivity index (χ3n) is 4.10. The van der Waals surface area contributed by atoms with Gasteiger partial charge in [-0.25, -0.2) is 9.18 Å². The van der Waals surface area contributed by atoms with E-state index in [1.165, 1.54) is 37.4 Å². The number of carbonyl (C=O) groups is 3. The van der Waals surface area contributed by atoms with Crippen LogP contribution >= 0.6 is 0 Å². The molecule has 0 fully saturated rings. The summed E-state index contributed by atoms with van der Waals surface area (Å²) in [6.45, 7) is -0.950. The zero-order chi connectivity index (χ0) is 21.7. The Morgan fingerprint density at radius 3 is 2.53 bits per heavy atom. The van der Waals surface area contributed by atoms with E-state index in [4.69, 9.17) is 9.15 Å². The van der Waals surface area contributed by atoms with E-state index < -0.39 is 35.6 Å². The quantitative estimate of drug-likeness (QED) is 0.622. The topological polar surface area (TPSA) is 106 Å². The highest BCUT2D eigenvalue weighted by Crippen LogP contribution is 2.12. The summed E-state index contributed by atoms with van der Waals surface area (Å²) in [5.74, 6) is -2.90. The lowest BCUT2D eigenvalue weighted by Crippen LogP contribution is -2.37. The normalized spacial score (nSPS) is 10.5. The van der Waals surface area contributed by atoms with Gasteiger partial charge in [0.05, 0.1) is 11.9 Å². The Balaban J connectivity index is 1.54. The number of hydrogen-bond acceptors (Lipinski definition) is 6. The van der Waals surface area contributed by atoms with Gasteiger partial charge in [-0.15, -0.1) is 0 Å². The molecule has 0 aliphatic heterocycles. The molecule has 154 valence electrons. The van der Waals surface area contributed by atoms with Gasteiger partial charge in [-0.3, -0.25) is 14.4 Å². The number of halogens is 1. The molecule has 0 spiro atoms. The minimum absolute atomic E-state index is 0.220. The molecule has 0 atom stereocenters. The summed E-state index contributed by atoms with van der Waals surface area (Å²) < 4.78 is 23.1. The molecule has 2 amide bonds. The molecular weight excluding hydrogens is 395 g/mol. The molecule has 0 aliphatic rings. The van der Waals surface area contributed by atoms with Gasteiger partial charge in [0, 0.05) is 18.8 Å². The van der Waals surface area contributed by atoms with Crippen LogP contribution in [0.15, 0.2) is 63.8 Å². The van der Waals surface area contributed by atoms with Gasteiger partial charge in [-0.05, 0) is 36.4 Å². The first-order chi connectivity index (χ1) is 14.3. The van der Waals surface area contributed by atoms with Gasteiger partial charge in [0.15, 0.2) is 12.0 Å². The first kappa shape index (κ1) is 20.7. The summed E-state index contributed by atoms with van der Waals surface area (Å²) in [5, 5.41) is 2.83. The van der Waals surface area contributed by atoms with E-state index >= 15 is 0 Å². The largest absolute Gasteiger partial charge is 0.450 e. The minimum Gasteiger partial charge on any atom is -0.450 e. The van der Waals surface area contributed by atoms with Crippen LogP contribution in [0.1, 0.15) is 10.6 Å². The van der Waals surface area contributed by atoms with Gasteiger partial charge >= 0.3 is 5.97 Å². The Kier molecular flexibility index (Phi) is 6.21. The van der Waals surface area contributed by atoms with Crippen LogP contribution in [0, 0.1) is 5.82 Å². The highest BCUT2D eigenvalue weighted by atomic mass is 19.1. The number of rotatable bonds is 6. The van der Waals surface area contributed by atoms with Gasteiger partial charge in [-0.2, -0.15) is 0 Å². The third kappa shape index (κ3) is 5.07. The van der Waals surface area contributed by atoms with E-state index in [1.807, 2.05) is 0 Å². The zero-order valence-corrected chi connectivity index (χ0v) is 15.9. The lowest BCUT2D eigenvalue weighted by atomic mass is 10.2. The highest BCUT2D eigenvalue weighted by Gasteiger charge is 2.18. The van der Waals surface area contributed by atoms with Crippen molar-refractivity contribution in [1.29, 1.82) is 0 Å². The van der Waals surface area contributed by atoms with Gasteiger partial charge in [0.2, 0.25) is 11.7 Å². The van der Waals surface area contributed by atoms with Crippen molar-refractivity contribution >= 4 is 34.4 Å². The van der Waals surface area contributed by atoms with Crippen LogP contribution in [0.4, 0.5) is 10.1 Å². The number of benzene rings is 2. The van der Waals surface area contributed by atoms with Crippen LogP contribution in [0.3, 0.4) is 0 Å². The predicted molar refractivity (Wildman–Crippen MR) is 105 cm³/mol. The summed E-state index contributed by atoms with van der Waals surface area (Å²) in [5.41, 5.74) is 0.183. The highest BCUT2D eigenvalue weighted by molar-refractivity contribution is 5.95. The molecular formula is C21H17FN2O6. The number of anilines is 1. The standard InChI is InChI=1S/C21H17FN2O6/c1-24(11-19(26)23-14-8-6-13(22)7-9-14)20(27)12-29-21(28)18-10-16(25)15-4-2-3-5-17(15)30-18/h2-10H,11-12H2,1H3,(H,23,26). The van der Waals surface area contributed by atoms with Crippen LogP contribution in [0.2, 0.25) is 0 Å². The van der Waals surface area contributed by atoms with E-state index in [1.54, 1.807) is 18.2 Å². The van der Waals surface area contributed by atoms with Crippen LogP contribution in [-0.2, 0) is 14.3 Å². The van der Waals surface area contributed by atoms with Crippen LogP contribution in [-0.4, -0.2) is 42.9 Å². The first-order valence-corrected chi connectivity index (χ1v) is 8.83. The maximum Gasteiger partial charge on any atom is 0.374 e. The number of para-hydroxylation sites is 1. The number of carbonyl (C=O) groups excluding carboxylic acids is 3. The maximum atomic E-state index is 12.9. The smallest absolute Gasteiger partial charge is 0.374 e. The van der Waals surface area contributed by atoms with Crippen LogP contribution < -0.4 is 10.7 Å². The number of esters is 1. The summed E-state index contributed by atoms with van der Waals surface area (Å²) in [6.07, 6.45) is 0. The maximum absolute atomic E-state index is 12.9. The van der Waals surface area contributed by atoms with E-state index in [9.17, 15) is 23.6 Å². The van der Waals surface area contributed by atoms with Crippen molar-refractivity contribution < 1.29 is 27.9 Å². The number of nitrogens with zero attached hydrogens (tertiary/aromatic N) is 1. The molecule has 30 heavy (non-hydrogen) atoms. The Morgan fingerprint density at radius 2 is 1.80 bits per heavy atom. The molecule has 3 rings (SSSR count). The van der Waals surface area contributed by atoms with Crippen molar-refractivity contribution in [1.82, 2.24) is 4.90 Å². The van der Waals surface area contributed by atoms with Crippen molar-refractivity contribution in [2.75, 3.05) is 25.5 Å². The molecule has 0 radical (unpaired) electrons. The second kappa shape index (κ2) is 8.99. The minimum atomic E-state index is -0.977. The summed E-state index contributed by atoms with van der Waals surface area (Å²) in [6, 6.07) is 12.5. The van der Waals surface area contributed by atoms with Gasteiger partial charge in [-0.1, -0.05) is 12.1 Å². The molecule has 3 aromatic rings. The van der Waals surface area contributed by atoms with Crippen LogP contribution in [0.5, 0.6) is 0 Å². The average molecular weight is 412 g/mol. The summed E-state index contributed by atoms with van der Waals surface area (Å²) in [4.78, 5) is 49.3. The van der Waals surface area contributed by atoms with Crippen molar-refractivity contribution in [3.05, 3.63) is 76.4 Å². The monoisotopic (exact) mass is 412 g/mol. The molecule has 1 N–H and O–H groups in total. The van der Waals surface area contributed by atoms with Crippen molar-refractivity contribution in [3.8, 4) is 0 Å². The molecule has 0 bridgehead atoms. The number of ether oxygens (including phenoxy) is 1. The second-order valence-electron chi connectivity index (χ2n) is 6.35. The molecule has 8 nitrogen and oxygen atoms in total. The first-order valence-electron chi connectivity index (χ1n) is 8.83. The number of fused-ring (bicyclic) bond motifs is 1. The molecule has 0 aliphatic carbocycles. The van der Waals surface area contributed by atoms with Crippen molar-refractivity contribution in [2.24, 2.45) is 0 Å². The number of amides is 2. The Hall–Kier alpha value is -4.01. The van der Waals surface area contributed by atoms with E-state index in [0.29, 0.717) is 11.1 Å². The van der Waals surface area contributed by atoms with Crippen LogP contribution in [0.25, 0.3) is 11.0 Å². The van der Waals surface area contributed by atoms with E-state index in [2.05, 4.69) is 5.32 Å². The zero-order valence-electron chi connectivity index (χ0n) is 15.9. The lowest BCUT2D eigenvalue weighted by Gasteiger charge is -2.16. The van der Waals surface area contributed by atoms with Gasteiger partial charge < -0.3 is 19.4 Å². The Bertz CT molecular complexity index is 1160. The fourth-order valence-electron chi connectivity index (χ4n) is 2.55. The predicted octanol–water partition coefficient (Wildman–Crippen LogP) is 2.19. The summed E-state index contributed by atoms with van der Waals surface area (Å²) >= 11 is 0. The molecule has 1 aromatic heterocycles. The number of likely N-dealkylation sites (N-methyl/N-ethyl adjacent to an activating group) is 1. The molecule has 9 heteroatoms.